The van der Waals surface area contributed by atoms with Crippen LogP contribution in [-0.2, 0) is 5.41 Å². The van der Waals surface area contributed by atoms with E-state index in [1.807, 2.05) is 12.1 Å². The molecule has 0 amide bonds. The zero-order chi connectivity index (χ0) is 14.3. The number of hydrogen-bond donors (Lipinski definition) is 1. The number of hydrogen-bond acceptors (Lipinski definition) is 3. The van der Waals surface area contributed by atoms with Crippen LogP contribution in [0.5, 0.6) is 5.75 Å². The Labute approximate surface area is 117 Å². The van der Waals surface area contributed by atoms with Crippen molar-refractivity contribution in [1.82, 2.24) is 15.0 Å². The molecule has 3 aromatic rings. The van der Waals surface area contributed by atoms with Gasteiger partial charge in [-0.1, -0.05) is 32.9 Å². The van der Waals surface area contributed by atoms with E-state index in [4.69, 9.17) is 0 Å². The molecule has 101 valence electrons. The smallest absolute Gasteiger partial charge is 0.143 e. The Morgan fingerprint density at radius 3 is 2.55 bits per heavy atom. The fourth-order valence-corrected chi connectivity index (χ4v) is 2.06. The highest BCUT2D eigenvalue weighted by Crippen LogP contribution is 2.26. The van der Waals surface area contributed by atoms with Crippen molar-refractivity contribution in [2.45, 2.75) is 26.2 Å². The summed E-state index contributed by atoms with van der Waals surface area (Å²) in [6.07, 6.45) is 0. The summed E-state index contributed by atoms with van der Waals surface area (Å²) in [5.41, 5.74) is 3.43. The highest BCUT2D eigenvalue weighted by Gasteiger charge is 2.15. The molecular weight excluding hydrogens is 250 g/mol. The summed E-state index contributed by atoms with van der Waals surface area (Å²) in [5.74, 6) is 0.139. The molecule has 1 N–H and O–H groups in total. The summed E-state index contributed by atoms with van der Waals surface area (Å²) in [6, 6.07) is 13.9. The highest BCUT2D eigenvalue weighted by atomic mass is 16.3. The van der Waals surface area contributed by atoms with Gasteiger partial charge in [-0.25, -0.2) is 0 Å². The van der Waals surface area contributed by atoms with E-state index in [1.54, 1.807) is 18.2 Å². The summed E-state index contributed by atoms with van der Waals surface area (Å²) >= 11 is 0. The van der Waals surface area contributed by atoms with Gasteiger partial charge in [0.1, 0.15) is 22.5 Å². The normalized spacial score (nSPS) is 11.9. The molecular formula is C16H16N3O. The second-order valence-corrected chi connectivity index (χ2v) is 5.86. The highest BCUT2D eigenvalue weighted by molar-refractivity contribution is 5.75. The van der Waals surface area contributed by atoms with Crippen LogP contribution in [0.15, 0.2) is 36.4 Å². The SMILES string of the molecule is CC(C)(C)c1ccc2nn(-c3c[c]ccc3O)nc2c1. The minimum atomic E-state index is 0.0701. The number of phenols is 1. The molecule has 0 aliphatic heterocycles. The molecule has 1 heterocycles. The average molecular weight is 266 g/mol. The van der Waals surface area contributed by atoms with E-state index in [2.05, 4.69) is 43.1 Å². The Morgan fingerprint density at radius 1 is 1.10 bits per heavy atom. The van der Waals surface area contributed by atoms with Gasteiger partial charge in [-0.15, -0.1) is 15.0 Å². The molecule has 4 nitrogen and oxygen atoms in total. The Balaban J connectivity index is 2.14. The standard InChI is InChI=1S/C16H16N3O/c1-16(2,3)11-8-9-12-13(10-11)18-19(17-12)14-6-4-5-7-15(14)20/h5-10,20H,1-3H3. The van der Waals surface area contributed by atoms with Gasteiger partial charge in [-0.05, 0) is 41.3 Å². The Bertz CT molecular complexity index is 769. The second kappa shape index (κ2) is 4.34. The number of rotatable bonds is 1. The Morgan fingerprint density at radius 2 is 1.85 bits per heavy atom. The van der Waals surface area contributed by atoms with Crippen molar-refractivity contribution in [1.29, 1.82) is 0 Å². The molecule has 1 aromatic heterocycles. The maximum atomic E-state index is 9.85. The first-order valence-electron chi connectivity index (χ1n) is 6.52. The molecule has 2 aromatic carbocycles. The van der Waals surface area contributed by atoms with E-state index >= 15 is 0 Å². The molecule has 20 heavy (non-hydrogen) atoms. The van der Waals surface area contributed by atoms with Gasteiger partial charge in [0.15, 0.2) is 0 Å². The quantitative estimate of drug-likeness (QED) is 0.735. The van der Waals surface area contributed by atoms with Crippen molar-refractivity contribution in [3.63, 3.8) is 0 Å². The molecule has 3 rings (SSSR count). The average Bonchev–Trinajstić information content (AvgIpc) is 2.80. The third kappa shape index (κ3) is 2.13. The predicted molar refractivity (Wildman–Crippen MR) is 78.1 cm³/mol. The molecule has 4 heteroatoms. The minimum absolute atomic E-state index is 0.0701. The number of aromatic nitrogens is 3. The van der Waals surface area contributed by atoms with E-state index in [0.29, 0.717) is 5.69 Å². The lowest BCUT2D eigenvalue weighted by atomic mass is 9.87. The summed E-state index contributed by atoms with van der Waals surface area (Å²) in [7, 11) is 0. The molecule has 1 radical (unpaired) electrons. The van der Waals surface area contributed by atoms with Crippen molar-refractivity contribution < 1.29 is 5.11 Å². The zero-order valence-corrected chi connectivity index (χ0v) is 11.8. The predicted octanol–water partition coefficient (Wildman–Crippen LogP) is 3.22. The van der Waals surface area contributed by atoms with Crippen molar-refractivity contribution in [2.24, 2.45) is 0 Å². The van der Waals surface area contributed by atoms with Gasteiger partial charge in [-0.3, -0.25) is 0 Å². The van der Waals surface area contributed by atoms with Crippen molar-refractivity contribution in [3.05, 3.63) is 48.0 Å². The van der Waals surface area contributed by atoms with Crippen LogP contribution in [0.4, 0.5) is 0 Å². The maximum absolute atomic E-state index is 9.85. The minimum Gasteiger partial charge on any atom is -0.506 e. The molecule has 0 saturated carbocycles. The Hall–Kier alpha value is -2.36. The van der Waals surface area contributed by atoms with Gasteiger partial charge in [0, 0.05) is 0 Å². The lowest BCUT2D eigenvalue weighted by Crippen LogP contribution is -2.10. The Kier molecular flexibility index (Phi) is 2.74. The van der Waals surface area contributed by atoms with Crippen molar-refractivity contribution in [2.75, 3.05) is 0 Å². The van der Waals surface area contributed by atoms with E-state index in [-0.39, 0.29) is 11.2 Å². The van der Waals surface area contributed by atoms with Gasteiger partial charge < -0.3 is 5.11 Å². The molecule has 0 atom stereocenters. The molecule has 0 spiro atoms. The van der Waals surface area contributed by atoms with E-state index in [0.717, 1.165) is 11.0 Å². The summed E-state index contributed by atoms with van der Waals surface area (Å²) in [4.78, 5) is 1.45. The fraction of sp³-hybridized carbons (Fsp3) is 0.250. The lowest BCUT2D eigenvalue weighted by Gasteiger charge is -2.18. The first kappa shape index (κ1) is 12.7. The summed E-state index contributed by atoms with van der Waals surface area (Å²) < 4.78 is 0. The third-order valence-corrected chi connectivity index (χ3v) is 3.28. The third-order valence-electron chi connectivity index (χ3n) is 3.28. The van der Waals surface area contributed by atoms with Crippen LogP contribution < -0.4 is 0 Å². The van der Waals surface area contributed by atoms with Crippen LogP contribution in [0.2, 0.25) is 0 Å². The molecule has 0 aliphatic rings. The first-order valence-corrected chi connectivity index (χ1v) is 6.52. The number of nitrogens with zero attached hydrogens (tertiary/aromatic N) is 3. The first-order chi connectivity index (χ1) is 9.45. The van der Waals surface area contributed by atoms with Gasteiger partial charge >= 0.3 is 0 Å². The maximum Gasteiger partial charge on any atom is 0.143 e. The van der Waals surface area contributed by atoms with E-state index < -0.39 is 0 Å². The van der Waals surface area contributed by atoms with Crippen LogP contribution in [0, 0.1) is 6.07 Å². The largest absolute Gasteiger partial charge is 0.506 e. The monoisotopic (exact) mass is 266 g/mol. The summed E-state index contributed by atoms with van der Waals surface area (Å²) in [5, 5.41) is 18.7. The van der Waals surface area contributed by atoms with Crippen molar-refractivity contribution >= 4 is 11.0 Å². The number of fused-ring (bicyclic) bond motifs is 1. The van der Waals surface area contributed by atoms with Crippen LogP contribution >= 0.6 is 0 Å². The van der Waals surface area contributed by atoms with Crippen LogP contribution in [-0.4, -0.2) is 20.1 Å². The fourth-order valence-electron chi connectivity index (χ4n) is 2.06. The molecule has 0 saturated heterocycles. The van der Waals surface area contributed by atoms with Crippen molar-refractivity contribution in [3.8, 4) is 11.4 Å². The van der Waals surface area contributed by atoms with Gasteiger partial charge in [0.05, 0.1) is 0 Å². The van der Waals surface area contributed by atoms with Crippen LogP contribution in [0.25, 0.3) is 16.7 Å². The molecule has 0 fully saturated rings. The van der Waals surface area contributed by atoms with Crippen LogP contribution in [0.1, 0.15) is 26.3 Å². The zero-order valence-electron chi connectivity index (χ0n) is 11.8. The van der Waals surface area contributed by atoms with Gasteiger partial charge in [-0.2, -0.15) is 0 Å². The van der Waals surface area contributed by atoms with Gasteiger partial charge in [0.2, 0.25) is 0 Å². The van der Waals surface area contributed by atoms with Crippen LogP contribution in [0.3, 0.4) is 0 Å². The number of benzene rings is 2. The topological polar surface area (TPSA) is 50.9 Å². The second-order valence-electron chi connectivity index (χ2n) is 5.86. The summed E-state index contributed by atoms with van der Waals surface area (Å²) in [6.45, 7) is 6.49. The molecule has 0 aliphatic carbocycles. The number of phenolic OH excluding ortho intramolecular Hbond substituents is 1. The van der Waals surface area contributed by atoms with E-state index in [1.165, 1.54) is 10.4 Å². The molecule has 0 bridgehead atoms. The number of aromatic hydroxyl groups is 1. The lowest BCUT2D eigenvalue weighted by molar-refractivity contribution is 0.467. The molecule has 0 unspecified atom stereocenters. The van der Waals surface area contributed by atoms with E-state index in [9.17, 15) is 5.11 Å². The van der Waals surface area contributed by atoms with Gasteiger partial charge in [0.25, 0.3) is 0 Å².